The van der Waals surface area contributed by atoms with Gasteiger partial charge in [0.25, 0.3) is 0 Å². The molecule has 0 aromatic heterocycles. The first-order chi connectivity index (χ1) is 6.93. The molecule has 1 nitrogen and oxygen atoms in total. The first-order valence-corrected chi connectivity index (χ1v) is 8.44. The van der Waals surface area contributed by atoms with Crippen LogP contribution in [0, 0.1) is 0 Å². The largest absolute Gasteiger partial charge is 0.389 e. The highest BCUT2D eigenvalue weighted by molar-refractivity contribution is 6.94. The van der Waals surface area contributed by atoms with Crippen molar-refractivity contribution in [2.24, 2.45) is 0 Å². The van der Waals surface area contributed by atoms with Crippen molar-refractivity contribution < 1.29 is 5.11 Å². The van der Waals surface area contributed by atoms with E-state index >= 15 is 0 Å². The van der Waals surface area contributed by atoms with Crippen LogP contribution in [0.3, 0.4) is 0 Å². The third-order valence-corrected chi connectivity index (χ3v) is 5.76. The molecular weight excluding hydrogens is 200 g/mol. The fraction of sp³-hybridized carbons (Fsp3) is 0.385. The molecule has 0 spiro atoms. The molecule has 0 fully saturated rings. The van der Waals surface area contributed by atoms with E-state index in [4.69, 9.17) is 0 Å². The number of hydrogen-bond donors (Lipinski definition) is 1. The molecule has 1 atom stereocenters. The lowest BCUT2D eigenvalue weighted by Gasteiger charge is -2.20. The molecule has 82 valence electrons. The SMILES string of the molecule is C/C(=C\[Si](C)(C)c1ccccc1)C(C)O. The van der Waals surface area contributed by atoms with Crippen LogP contribution >= 0.6 is 0 Å². The molecule has 0 radical (unpaired) electrons. The minimum atomic E-state index is -1.53. The Morgan fingerprint density at radius 3 is 2.27 bits per heavy atom. The molecule has 1 aromatic rings. The Morgan fingerprint density at radius 2 is 1.80 bits per heavy atom. The highest BCUT2D eigenvalue weighted by atomic mass is 28.3. The van der Waals surface area contributed by atoms with Crippen molar-refractivity contribution in [3.8, 4) is 0 Å². The molecule has 0 heterocycles. The highest BCUT2D eigenvalue weighted by Crippen LogP contribution is 2.10. The number of hydrogen-bond acceptors (Lipinski definition) is 1. The van der Waals surface area contributed by atoms with Crippen LogP contribution in [0.5, 0.6) is 0 Å². The predicted molar refractivity (Wildman–Crippen MR) is 69.0 cm³/mol. The second kappa shape index (κ2) is 4.77. The summed E-state index contributed by atoms with van der Waals surface area (Å²) in [5.41, 5.74) is 3.35. The van der Waals surface area contributed by atoms with Crippen LogP contribution in [0.2, 0.25) is 13.1 Å². The lowest BCUT2D eigenvalue weighted by molar-refractivity contribution is 0.231. The molecule has 2 heteroatoms. The number of rotatable bonds is 3. The van der Waals surface area contributed by atoms with E-state index in [1.807, 2.05) is 19.9 Å². The van der Waals surface area contributed by atoms with E-state index < -0.39 is 8.07 Å². The first kappa shape index (κ1) is 12.2. The van der Waals surface area contributed by atoms with Gasteiger partial charge in [-0.2, -0.15) is 0 Å². The van der Waals surface area contributed by atoms with Crippen LogP contribution in [-0.2, 0) is 0 Å². The molecule has 0 saturated heterocycles. The summed E-state index contributed by atoms with van der Waals surface area (Å²) >= 11 is 0. The minimum absolute atomic E-state index is 0.333. The van der Waals surface area contributed by atoms with Crippen molar-refractivity contribution in [2.45, 2.75) is 33.0 Å². The van der Waals surface area contributed by atoms with Crippen LogP contribution in [0.4, 0.5) is 0 Å². The molecule has 0 amide bonds. The standard InChI is InChI=1S/C13H20OSi/c1-11(12(2)14)10-15(3,4)13-8-6-5-7-9-13/h5-10,12,14H,1-4H3/b11-10+. The van der Waals surface area contributed by atoms with Crippen molar-refractivity contribution in [3.05, 3.63) is 41.6 Å². The quantitative estimate of drug-likeness (QED) is 0.776. The molecular formula is C13H20OSi. The van der Waals surface area contributed by atoms with Crippen LogP contribution in [-0.4, -0.2) is 19.3 Å². The van der Waals surface area contributed by atoms with Gasteiger partial charge in [-0.25, -0.2) is 0 Å². The monoisotopic (exact) mass is 220 g/mol. The molecule has 0 aliphatic carbocycles. The molecule has 0 aliphatic heterocycles. The maximum absolute atomic E-state index is 9.49. The molecule has 0 saturated carbocycles. The molecule has 1 aromatic carbocycles. The van der Waals surface area contributed by atoms with E-state index in [0.29, 0.717) is 0 Å². The average molecular weight is 220 g/mol. The van der Waals surface area contributed by atoms with Gasteiger partial charge in [0.05, 0.1) is 6.10 Å². The molecule has 1 N–H and O–H groups in total. The Bertz CT molecular complexity index is 339. The van der Waals surface area contributed by atoms with Gasteiger partial charge in [0.15, 0.2) is 0 Å². The normalized spacial score (nSPS) is 15.1. The van der Waals surface area contributed by atoms with Gasteiger partial charge in [0, 0.05) is 0 Å². The molecule has 1 rings (SSSR count). The summed E-state index contributed by atoms with van der Waals surface area (Å²) in [7, 11) is -1.53. The van der Waals surface area contributed by atoms with Gasteiger partial charge in [-0.1, -0.05) is 59.9 Å². The Balaban J connectivity index is 2.99. The van der Waals surface area contributed by atoms with E-state index in [0.717, 1.165) is 5.57 Å². The molecule has 15 heavy (non-hydrogen) atoms. The Labute approximate surface area is 93.5 Å². The summed E-state index contributed by atoms with van der Waals surface area (Å²) in [4.78, 5) is 0. The summed E-state index contributed by atoms with van der Waals surface area (Å²) in [5.74, 6) is 0. The fourth-order valence-corrected chi connectivity index (χ4v) is 4.24. The van der Waals surface area contributed by atoms with Crippen molar-refractivity contribution in [1.82, 2.24) is 0 Å². The van der Waals surface area contributed by atoms with Gasteiger partial charge >= 0.3 is 0 Å². The Kier molecular flexibility index (Phi) is 3.88. The van der Waals surface area contributed by atoms with Crippen LogP contribution in [0.1, 0.15) is 13.8 Å². The van der Waals surface area contributed by atoms with E-state index in [1.165, 1.54) is 5.19 Å². The van der Waals surface area contributed by atoms with Gasteiger partial charge in [0.1, 0.15) is 8.07 Å². The third-order valence-electron chi connectivity index (χ3n) is 2.77. The second-order valence-corrected chi connectivity index (χ2v) is 8.96. The maximum Gasteiger partial charge on any atom is 0.104 e. The summed E-state index contributed by atoms with van der Waals surface area (Å²) in [6, 6.07) is 10.6. The topological polar surface area (TPSA) is 20.2 Å². The zero-order chi connectivity index (χ0) is 11.5. The van der Waals surface area contributed by atoms with Crippen molar-refractivity contribution in [1.29, 1.82) is 0 Å². The van der Waals surface area contributed by atoms with Gasteiger partial charge in [-0.3, -0.25) is 0 Å². The van der Waals surface area contributed by atoms with E-state index in [1.54, 1.807) is 0 Å². The number of aliphatic hydroxyl groups excluding tert-OH is 1. The van der Waals surface area contributed by atoms with E-state index in [9.17, 15) is 5.11 Å². The lowest BCUT2D eigenvalue weighted by atomic mass is 10.2. The smallest absolute Gasteiger partial charge is 0.104 e. The lowest BCUT2D eigenvalue weighted by Crippen LogP contribution is -2.40. The van der Waals surface area contributed by atoms with Crippen LogP contribution in [0.25, 0.3) is 0 Å². The van der Waals surface area contributed by atoms with Crippen molar-refractivity contribution in [3.63, 3.8) is 0 Å². The summed E-state index contributed by atoms with van der Waals surface area (Å²) in [6.07, 6.45) is -0.333. The van der Waals surface area contributed by atoms with E-state index in [2.05, 4.69) is 43.1 Å². The zero-order valence-electron chi connectivity index (χ0n) is 9.99. The van der Waals surface area contributed by atoms with Crippen molar-refractivity contribution >= 4 is 13.3 Å². The van der Waals surface area contributed by atoms with Crippen LogP contribution in [0.15, 0.2) is 41.6 Å². The number of aliphatic hydroxyl groups is 1. The predicted octanol–water partition coefficient (Wildman–Crippen LogP) is 2.47. The zero-order valence-corrected chi connectivity index (χ0v) is 11.0. The minimum Gasteiger partial charge on any atom is -0.389 e. The summed E-state index contributed by atoms with van der Waals surface area (Å²) < 4.78 is 0. The molecule has 0 bridgehead atoms. The van der Waals surface area contributed by atoms with Gasteiger partial charge in [0.2, 0.25) is 0 Å². The summed E-state index contributed by atoms with van der Waals surface area (Å²) in [6.45, 7) is 8.42. The molecule has 1 unspecified atom stereocenters. The van der Waals surface area contributed by atoms with Crippen molar-refractivity contribution in [2.75, 3.05) is 0 Å². The highest BCUT2D eigenvalue weighted by Gasteiger charge is 2.20. The second-order valence-electron chi connectivity index (χ2n) is 4.65. The average Bonchev–Trinajstić information content (AvgIpc) is 2.18. The Morgan fingerprint density at radius 1 is 1.27 bits per heavy atom. The van der Waals surface area contributed by atoms with E-state index in [-0.39, 0.29) is 6.10 Å². The summed E-state index contributed by atoms with van der Waals surface area (Å²) in [5, 5.41) is 10.9. The number of benzene rings is 1. The molecule has 0 aliphatic rings. The fourth-order valence-electron chi connectivity index (χ4n) is 1.64. The van der Waals surface area contributed by atoms with Gasteiger partial charge in [-0.05, 0) is 13.8 Å². The third kappa shape index (κ3) is 3.32. The van der Waals surface area contributed by atoms with Gasteiger partial charge < -0.3 is 5.11 Å². The van der Waals surface area contributed by atoms with Gasteiger partial charge in [-0.15, -0.1) is 0 Å². The van der Waals surface area contributed by atoms with Crippen LogP contribution < -0.4 is 5.19 Å². The Hall–Kier alpha value is -0.863. The first-order valence-electron chi connectivity index (χ1n) is 5.36. The maximum atomic E-state index is 9.49.